The fourth-order valence-electron chi connectivity index (χ4n) is 3.71. The van der Waals surface area contributed by atoms with Gasteiger partial charge in [-0.1, -0.05) is 54.6 Å². The van der Waals surface area contributed by atoms with Crippen LogP contribution in [0.5, 0.6) is 0 Å². The first kappa shape index (κ1) is 25.6. The van der Waals surface area contributed by atoms with Crippen LogP contribution in [0.1, 0.15) is 38.0 Å². The molecule has 190 valence electrons. The molecule has 0 spiro atoms. The lowest BCUT2D eigenvalue weighted by atomic mass is 10.0. The van der Waals surface area contributed by atoms with Gasteiger partial charge in [-0.3, -0.25) is 4.79 Å². The van der Waals surface area contributed by atoms with Gasteiger partial charge in [0.25, 0.3) is 0 Å². The van der Waals surface area contributed by atoms with E-state index in [2.05, 4.69) is 0 Å². The molecule has 1 aliphatic rings. The fourth-order valence-corrected chi connectivity index (χ4v) is 3.71. The number of benzene rings is 3. The van der Waals surface area contributed by atoms with Gasteiger partial charge in [0.2, 0.25) is 12.4 Å². The Bertz CT molecular complexity index is 1230. The molecule has 3 aromatic rings. The predicted molar refractivity (Wildman–Crippen MR) is 128 cm³/mol. The van der Waals surface area contributed by atoms with Crippen LogP contribution in [0.3, 0.4) is 0 Å². The van der Waals surface area contributed by atoms with Crippen molar-refractivity contribution in [2.45, 2.75) is 31.5 Å². The highest BCUT2D eigenvalue weighted by Gasteiger charge is 2.49. The Kier molecular flexibility index (Phi) is 8.27. The second-order valence-corrected chi connectivity index (χ2v) is 8.09. The molecule has 9 nitrogen and oxygen atoms in total. The second-order valence-electron chi connectivity index (χ2n) is 8.09. The van der Waals surface area contributed by atoms with Gasteiger partial charge in [-0.05, 0) is 36.4 Å². The molecular weight excluding hydrogens is 480 g/mol. The lowest BCUT2D eigenvalue weighted by Gasteiger charge is -2.40. The molecule has 0 aliphatic carbocycles. The monoisotopic (exact) mass is 504 g/mol. The van der Waals surface area contributed by atoms with Crippen molar-refractivity contribution in [3.05, 3.63) is 108 Å². The van der Waals surface area contributed by atoms with Crippen LogP contribution in [0.2, 0.25) is 0 Å². The quantitative estimate of drug-likeness (QED) is 0.352. The summed E-state index contributed by atoms with van der Waals surface area (Å²) in [5, 5.41) is 0. The van der Waals surface area contributed by atoms with E-state index in [4.69, 9.17) is 23.7 Å². The van der Waals surface area contributed by atoms with Crippen molar-refractivity contribution in [1.29, 1.82) is 0 Å². The van der Waals surface area contributed by atoms with Gasteiger partial charge < -0.3 is 23.7 Å². The maximum Gasteiger partial charge on any atom is 0.340 e. The van der Waals surface area contributed by atoms with Gasteiger partial charge in [0.15, 0.2) is 12.2 Å². The predicted octanol–water partition coefficient (Wildman–Crippen LogP) is 3.58. The first-order valence-electron chi connectivity index (χ1n) is 11.5. The summed E-state index contributed by atoms with van der Waals surface area (Å²) >= 11 is 0. The average molecular weight is 504 g/mol. The minimum absolute atomic E-state index is 0.207. The lowest BCUT2D eigenvalue weighted by molar-refractivity contribution is -0.255. The zero-order chi connectivity index (χ0) is 26.2. The Morgan fingerprint density at radius 3 is 1.43 bits per heavy atom. The number of carbonyl (C=O) groups excluding carboxylic acids is 4. The van der Waals surface area contributed by atoms with Crippen molar-refractivity contribution >= 4 is 23.9 Å². The van der Waals surface area contributed by atoms with Gasteiger partial charge in [-0.2, -0.15) is 0 Å². The molecule has 1 heterocycles. The second kappa shape index (κ2) is 12.0. The van der Waals surface area contributed by atoms with E-state index in [0.717, 1.165) is 0 Å². The first-order chi connectivity index (χ1) is 17.9. The van der Waals surface area contributed by atoms with Crippen molar-refractivity contribution in [2.75, 3.05) is 6.61 Å². The molecule has 0 radical (unpaired) electrons. The Morgan fingerprint density at radius 2 is 1.00 bits per heavy atom. The molecule has 9 heteroatoms. The standard InChI is InChI=1S/C28H24O9/c1-18(29)34-22-17-33-28(37-27(32)21-15-9-4-10-16-21)24(36-26(31)20-13-7-3-8-14-20)23(22)35-25(30)19-11-5-2-6-12-19/h2-16,22-24,28H,17H2,1H3/t22-,23-,24+,28-/m1/s1. The van der Waals surface area contributed by atoms with E-state index in [9.17, 15) is 19.2 Å². The van der Waals surface area contributed by atoms with Gasteiger partial charge in [0.1, 0.15) is 0 Å². The third-order valence-electron chi connectivity index (χ3n) is 5.44. The Morgan fingerprint density at radius 1 is 0.595 bits per heavy atom. The molecule has 1 fully saturated rings. The molecule has 0 saturated carbocycles. The molecule has 4 rings (SSSR count). The number of carbonyl (C=O) groups is 4. The molecule has 37 heavy (non-hydrogen) atoms. The minimum Gasteiger partial charge on any atom is -0.456 e. The van der Waals surface area contributed by atoms with E-state index in [1.54, 1.807) is 78.9 Å². The highest BCUT2D eigenvalue weighted by atomic mass is 16.7. The number of rotatable bonds is 7. The summed E-state index contributed by atoms with van der Waals surface area (Å²) in [4.78, 5) is 50.5. The van der Waals surface area contributed by atoms with Gasteiger partial charge >= 0.3 is 23.9 Å². The highest BCUT2D eigenvalue weighted by Crippen LogP contribution is 2.27. The van der Waals surface area contributed by atoms with Crippen molar-refractivity contribution < 1.29 is 42.9 Å². The Balaban J connectivity index is 1.65. The van der Waals surface area contributed by atoms with Crippen LogP contribution in [-0.2, 0) is 28.5 Å². The average Bonchev–Trinajstić information content (AvgIpc) is 2.92. The van der Waals surface area contributed by atoms with Crippen molar-refractivity contribution in [2.24, 2.45) is 0 Å². The van der Waals surface area contributed by atoms with Crippen molar-refractivity contribution in [3.63, 3.8) is 0 Å². The number of ether oxygens (including phenoxy) is 5. The maximum atomic E-state index is 13.0. The van der Waals surface area contributed by atoms with E-state index in [1.165, 1.54) is 19.1 Å². The minimum atomic E-state index is -1.46. The smallest absolute Gasteiger partial charge is 0.340 e. The number of hydrogen-bond donors (Lipinski definition) is 0. The van der Waals surface area contributed by atoms with Crippen LogP contribution in [-0.4, -0.2) is 55.1 Å². The van der Waals surface area contributed by atoms with Gasteiger partial charge in [0.05, 0.1) is 23.3 Å². The Labute approximate surface area is 212 Å². The van der Waals surface area contributed by atoms with Gasteiger partial charge in [-0.25, -0.2) is 14.4 Å². The third-order valence-corrected chi connectivity index (χ3v) is 5.44. The van der Waals surface area contributed by atoms with E-state index in [1.807, 2.05) is 0 Å². The summed E-state index contributed by atoms with van der Waals surface area (Å²) in [6.45, 7) is 0.904. The first-order valence-corrected chi connectivity index (χ1v) is 11.5. The lowest BCUT2D eigenvalue weighted by Crippen LogP contribution is -2.58. The summed E-state index contributed by atoms with van der Waals surface area (Å²) in [5.74, 6) is -2.94. The fraction of sp³-hybridized carbons (Fsp3) is 0.214. The van der Waals surface area contributed by atoms with Crippen LogP contribution < -0.4 is 0 Å². The van der Waals surface area contributed by atoms with Crippen LogP contribution in [0.25, 0.3) is 0 Å². The third kappa shape index (κ3) is 6.59. The maximum absolute atomic E-state index is 13.0. The van der Waals surface area contributed by atoms with Crippen LogP contribution in [0, 0.1) is 0 Å². The van der Waals surface area contributed by atoms with E-state index >= 15 is 0 Å². The van der Waals surface area contributed by atoms with Crippen LogP contribution in [0.15, 0.2) is 91.0 Å². The SMILES string of the molecule is CC(=O)O[C@@H]1CO[C@H](OC(=O)c2ccccc2)[C@@H](OC(=O)c2ccccc2)[C@@H]1OC(=O)c1ccccc1. The summed E-state index contributed by atoms with van der Waals surface area (Å²) in [6.07, 6.45) is -5.39. The molecule has 0 N–H and O–H groups in total. The molecule has 1 saturated heterocycles. The largest absolute Gasteiger partial charge is 0.456 e. The molecule has 0 amide bonds. The molecule has 0 bridgehead atoms. The molecular formula is C28H24O9. The normalized spacial score (nSPS) is 20.8. The number of esters is 4. The van der Waals surface area contributed by atoms with E-state index in [-0.39, 0.29) is 23.3 Å². The summed E-state index contributed by atoms with van der Waals surface area (Å²) in [7, 11) is 0. The molecule has 0 unspecified atom stereocenters. The highest BCUT2D eigenvalue weighted by molar-refractivity contribution is 5.91. The van der Waals surface area contributed by atoms with Crippen molar-refractivity contribution in [3.8, 4) is 0 Å². The van der Waals surface area contributed by atoms with E-state index in [0.29, 0.717) is 0 Å². The van der Waals surface area contributed by atoms with Crippen LogP contribution in [0.4, 0.5) is 0 Å². The zero-order valence-electron chi connectivity index (χ0n) is 19.9. The van der Waals surface area contributed by atoms with Gasteiger partial charge in [0, 0.05) is 6.92 Å². The molecule has 0 aromatic heterocycles. The zero-order valence-corrected chi connectivity index (χ0v) is 19.9. The Hall–Kier alpha value is -4.50. The molecule has 3 aromatic carbocycles. The summed E-state index contributed by atoms with van der Waals surface area (Å²) in [6, 6.07) is 24.4. The summed E-state index contributed by atoms with van der Waals surface area (Å²) in [5.41, 5.74) is 0.666. The van der Waals surface area contributed by atoms with Gasteiger partial charge in [-0.15, -0.1) is 0 Å². The van der Waals surface area contributed by atoms with Crippen LogP contribution >= 0.6 is 0 Å². The van der Waals surface area contributed by atoms with Crippen molar-refractivity contribution in [1.82, 2.24) is 0 Å². The number of hydrogen-bond acceptors (Lipinski definition) is 9. The summed E-state index contributed by atoms with van der Waals surface area (Å²) < 4.78 is 27.9. The van der Waals surface area contributed by atoms with E-state index < -0.39 is 48.5 Å². The molecule has 4 atom stereocenters. The topological polar surface area (TPSA) is 114 Å². The molecule has 1 aliphatic heterocycles.